The Balaban J connectivity index is 1.62. The minimum Gasteiger partial charge on any atom is -0.370 e. The van der Waals surface area contributed by atoms with E-state index in [0.29, 0.717) is 11.7 Å². The highest BCUT2D eigenvalue weighted by atomic mass is 16.1. The van der Waals surface area contributed by atoms with Crippen molar-refractivity contribution in [2.75, 3.05) is 18.4 Å². The molecular formula is C11H16N6O. The Bertz CT molecular complexity index is 582. The topological polar surface area (TPSA) is 87.1 Å². The zero-order valence-corrected chi connectivity index (χ0v) is 10.0. The summed E-state index contributed by atoms with van der Waals surface area (Å²) in [5.74, 6) is 0.750. The maximum Gasteiger partial charge on any atom is 0.348 e. The maximum atomic E-state index is 11.3. The third-order valence-corrected chi connectivity index (χ3v) is 3.27. The molecule has 2 aromatic heterocycles. The summed E-state index contributed by atoms with van der Waals surface area (Å²) in [5, 5.41) is 13.0. The number of nitrogens with one attached hydrogen (secondary N) is 3. The van der Waals surface area contributed by atoms with Crippen LogP contribution in [0.3, 0.4) is 0 Å². The minimum absolute atomic E-state index is 0.265. The normalized spacial score (nSPS) is 19.4. The number of H-pyrrole nitrogens is 1. The van der Waals surface area contributed by atoms with Crippen LogP contribution >= 0.6 is 0 Å². The van der Waals surface area contributed by atoms with Crippen LogP contribution in [0.2, 0.25) is 0 Å². The number of aromatic amines is 1. The lowest BCUT2D eigenvalue weighted by atomic mass is 10.1. The quantitative estimate of drug-likeness (QED) is 0.707. The molecule has 3 heterocycles. The number of anilines is 1. The van der Waals surface area contributed by atoms with Gasteiger partial charge >= 0.3 is 5.69 Å². The molecule has 2 aromatic rings. The van der Waals surface area contributed by atoms with Gasteiger partial charge in [0.05, 0.1) is 0 Å². The second-order valence-electron chi connectivity index (χ2n) is 4.54. The van der Waals surface area contributed by atoms with E-state index in [1.165, 1.54) is 23.6 Å². The SMILES string of the molecule is O=c1[nH]nc2cc(NCCC3CCCN3)ncn12. The third-order valence-electron chi connectivity index (χ3n) is 3.27. The van der Waals surface area contributed by atoms with Gasteiger partial charge in [-0.1, -0.05) is 0 Å². The molecule has 1 fully saturated rings. The summed E-state index contributed by atoms with van der Waals surface area (Å²) in [6, 6.07) is 2.38. The molecule has 3 rings (SSSR count). The zero-order valence-electron chi connectivity index (χ0n) is 10.0. The van der Waals surface area contributed by atoms with Gasteiger partial charge in [0.15, 0.2) is 5.65 Å². The number of aromatic nitrogens is 4. The van der Waals surface area contributed by atoms with Gasteiger partial charge in [-0.2, -0.15) is 5.10 Å². The number of hydrogen-bond donors (Lipinski definition) is 3. The Morgan fingerprint density at radius 2 is 2.50 bits per heavy atom. The van der Waals surface area contributed by atoms with Crippen LogP contribution in [-0.4, -0.2) is 38.7 Å². The minimum atomic E-state index is -0.265. The molecule has 96 valence electrons. The number of rotatable bonds is 4. The van der Waals surface area contributed by atoms with Crippen molar-refractivity contribution in [1.29, 1.82) is 0 Å². The van der Waals surface area contributed by atoms with E-state index in [4.69, 9.17) is 0 Å². The Labute approximate surface area is 104 Å². The fraction of sp³-hybridized carbons (Fsp3) is 0.545. The summed E-state index contributed by atoms with van der Waals surface area (Å²) in [6.45, 7) is 2.00. The molecule has 0 radical (unpaired) electrons. The van der Waals surface area contributed by atoms with Crippen LogP contribution in [-0.2, 0) is 0 Å². The van der Waals surface area contributed by atoms with E-state index < -0.39 is 0 Å². The molecule has 3 N–H and O–H groups in total. The molecule has 0 amide bonds. The summed E-state index contributed by atoms with van der Waals surface area (Å²) in [4.78, 5) is 15.4. The average molecular weight is 248 g/mol. The van der Waals surface area contributed by atoms with Gasteiger partial charge in [0, 0.05) is 18.7 Å². The maximum absolute atomic E-state index is 11.3. The first kappa shape index (κ1) is 11.2. The molecule has 0 saturated carbocycles. The van der Waals surface area contributed by atoms with Crippen molar-refractivity contribution in [1.82, 2.24) is 24.9 Å². The van der Waals surface area contributed by atoms with Gasteiger partial charge in [-0.05, 0) is 25.8 Å². The van der Waals surface area contributed by atoms with Crippen molar-refractivity contribution in [3.63, 3.8) is 0 Å². The van der Waals surface area contributed by atoms with E-state index >= 15 is 0 Å². The first-order valence-corrected chi connectivity index (χ1v) is 6.23. The average Bonchev–Trinajstić information content (AvgIpc) is 3.00. The Hall–Kier alpha value is -1.89. The zero-order chi connectivity index (χ0) is 12.4. The summed E-state index contributed by atoms with van der Waals surface area (Å²) < 4.78 is 1.38. The molecule has 1 atom stereocenters. The van der Waals surface area contributed by atoms with Crippen LogP contribution in [0.25, 0.3) is 5.65 Å². The summed E-state index contributed by atoms with van der Waals surface area (Å²) in [7, 11) is 0. The standard InChI is InChI=1S/C11H16N6O/c18-11-16-15-10-6-9(14-7-17(10)11)13-5-3-8-2-1-4-12-8/h6-8,12-13H,1-5H2,(H,16,18). The van der Waals surface area contributed by atoms with Crippen molar-refractivity contribution in [2.45, 2.75) is 25.3 Å². The fourth-order valence-electron chi connectivity index (χ4n) is 2.28. The fourth-order valence-corrected chi connectivity index (χ4v) is 2.28. The van der Waals surface area contributed by atoms with Gasteiger partial charge in [0.2, 0.25) is 0 Å². The van der Waals surface area contributed by atoms with E-state index in [2.05, 4.69) is 25.8 Å². The highest BCUT2D eigenvalue weighted by molar-refractivity contribution is 5.48. The van der Waals surface area contributed by atoms with Crippen molar-refractivity contribution < 1.29 is 0 Å². The van der Waals surface area contributed by atoms with Crippen LogP contribution in [0.15, 0.2) is 17.2 Å². The van der Waals surface area contributed by atoms with Crippen LogP contribution in [0.1, 0.15) is 19.3 Å². The second kappa shape index (κ2) is 4.77. The number of fused-ring (bicyclic) bond motifs is 1. The monoisotopic (exact) mass is 248 g/mol. The van der Waals surface area contributed by atoms with E-state index in [1.807, 2.05) is 0 Å². The Morgan fingerprint density at radius 1 is 1.56 bits per heavy atom. The molecule has 0 aliphatic carbocycles. The molecule has 7 nitrogen and oxygen atoms in total. The highest BCUT2D eigenvalue weighted by Crippen LogP contribution is 2.09. The van der Waals surface area contributed by atoms with E-state index in [0.717, 1.165) is 25.3 Å². The molecule has 0 aromatic carbocycles. The summed E-state index contributed by atoms with van der Waals surface area (Å²) in [5.41, 5.74) is 0.315. The van der Waals surface area contributed by atoms with Gasteiger partial charge in [0.1, 0.15) is 12.1 Å². The lowest BCUT2D eigenvalue weighted by molar-refractivity contribution is 0.574. The second-order valence-corrected chi connectivity index (χ2v) is 4.54. The first-order valence-electron chi connectivity index (χ1n) is 6.23. The number of hydrogen-bond acceptors (Lipinski definition) is 5. The number of nitrogens with zero attached hydrogens (tertiary/aromatic N) is 3. The molecule has 1 aliphatic heterocycles. The lowest BCUT2D eigenvalue weighted by Crippen LogP contribution is -2.24. The van der Waals surface area contributed by atoms with Gasteiger partial charge in [-0.25, -0.2) is 19.3 Å². The van der Waals surface area contributed by atoms with Crippen molar-refractivity contribution in [2.24, 2.45) is 0 Å². The predicted molar refractivity (Wildman–Crippen MR) is 67.7 cm³/mol. The summed E-state index contributed by atoms with van der Waals surface area (Å²) in [6.07, 6.45) is 5.09. The lowest BCUT2D eigenvalue weighted by Gasteiger charge is -2.10. The van der Waals surface area contributed by atoms with Crippen LogP contribution in [0, 0.1) is 0 Å². The van der Waals surface area contributed by atoms with Crippen LogP contribution in [0.5, 0.6) is 0 Å². The molecule has 18 heavy (non-hydrogen) atoms. The van der Waals surface area contributed by atoms with E-state index in [-0.39, 0.29) is 5.69 Å². The molecule has 1 saturated heterocycles. The van der Waals surface area contributed by atoms with Gasteiger partial charge in [-0.15, -0.1) is 0 Å². The molecule has 1 unspecified atom stereocenters. The Morgan fingerprint density at radius 3 is 3.33 bits per heavy atom. The van der Waals surface area contributed by atoms with E-state index in [9.17, 15) is 4.79 Å². The van der Waals surface area contributed by atoms with Crippen molar-refractivity contribution in [3.05, 3.63) is 22.9 Å². The largest absolute Gasteiger partial charge is 0.370 e. The van der Waals surface area contributed by atoms with Gasteiger partial charge in [0.25, 0.3) is 0 Å². The van der Waals surface area contributed by atoms with Crippen LogP contribution < -0.4 is 16.3 Å². The molecule has 0 spiro atoms. The predicted octanol–water partition coefficient (Wildman–Crippen LogP) is -0.0284. The van der Waals surface area contributed by atoms with E-state index in [1.54, 1.807) is 6.07 Å². The van der Waals surface area contributed by atoms with Crippen LogP contribution in [0.4, 0.5) is 5.82 Å². The van der Waals surface area contributed by atoms with Crippen molar-refractivity contribution >= 4 is 11.5 Å². The molecule has 0 bridgehead atoms. The Kier molecular flexibility index (Phi) is 2.97. The smallest absolute Gasteiger partial charge is 0.348 e. The molecular weight excluding hydrogens is 232 g/mol. The molecule has 7 heteroatoms. The summed E-state index contributed by atoms with van der Waals surface area (Å²) >= 11 is 0. The van der Waals surface area contributed by atoms with Gasteiger partial charge in [-0.3, -0.25) is 0 Å². The van der Waals surface area contributed by atoms with Crippen molar-refractivity contribution in [3.8, 4) is 0 Å². The first-order chi connectivity index (χ1) is 8.83. The molecule has 1 aliphatic rings. The highest BCUT2D eigenvalue weighted by Gasteiger charge is 2.13. The van der Waals surface area contributed by atoms with Gasteiger partial charge < -0.3 is 10.6 Å². The third kappa shape index (κ3) is 2.21.